The summed E-state index contributed by atoms with van der Waals surface area (Å²) in [5.41, 5.74) is 5.76. The van der Waals surface area contributed by atoms with Gasteiger partial charge < -0.3 is 10.8 Å². The van der Waals surface area contributed by atoms with Crippen molar-refractivity contribution in [2.75, 3.05) is 13.1 Å². The fourth-order valence-electron chi connectivity index (χ4n) is 2.59. The van der Waals surface area contributed by atoms with E-state index in [2.05, 4.69) is 11.8 Å². The van der Waals surface area contributed by atoms with Gasteiger partial charge in [0.15, 0.2) is 0 Å². The molecule has 2 atom stereocenters. The first-order valence-corrected chi connectivity index (χ1v) is 5.33. The summed E-state index contributed by atoms with van der Waals surface area (Å²) in [4.78, 5) is 2.42. The largest absolute Gasteiger partial charge is 0.392 e. The molecule has 3 N–H and O–H groups in total. The molecule has 1 aliphatic heterocycles. The summed E-state index contributed by atoms with van der Waals surface area (Å²) in [6.45, 7) is 4.23. The van der Waals surface area contributed by atoms with Crippen molar-refractivity contribution >= 4 is 0 Å². The average molecular weight is 184 g/mol. The Labute approximate surface area is 79.9 Å². The van der Waals surface area contributed by atoms with Crippen LogP contribution in [0.1, 0.15) is 26.2 Å². The van der Waals surface area contributed by atoms with Gasteiger partial charge in [-0.3, -0.25) is 4.90 Å². The molecule has 1 heterocycles. The van der Waals surface area contributed by atoms with Gasteiger partial charge in [0.05, 0.1) is 6.10 Å². The lowest BCUT2D eigenvalue weighted by Crippen LogP contribution is -2.55. The molecule has 0 aromatic heterocycles. The van der Waals surface area contributed by atoms with Crippen molar-refractivity contribution in [3.63, 3.8) is 0 Å². The molecule has 0 bridgehead atoms. The molecule has 0 aromatic carbocycles. The lowest BCUT2D eigenvalue weighted by Gasteiger charge is -2.45. The summed E-state index contributed by atoms with van der Waals surface area (Å²) in [6, 6.07) is 1.08. The Balaban J connectivity index is 1.85. The van der Waals surface area contributed by atoms with Crippen LogP contribution in [-0.2, 0) is 0 Å². The number of β-amino-alcohol motifs (C(OH)–C–C–N with tert-alkyl or cyclic N) is 1. The van der Waals surface area contributed by atoms with Crippen molar-refractivity contribution in [3.8, 4) is 0 Å². The standard InChI is InChI=1S/C10H20N2O/c1-7-2-10(13)6-12(5-7)9-3-8(11)4-9/h7-10,13H,2-6,11H2,1H3/t7-,8?,9?,10+/m1/s1. The van der Waals surface area contributed by atoms with Gasteiger partial charge in [0.25, 0.3) is 0 Å². The van der Waals surface area contributed by atoms with Crippen molar-refractivity contribution in [1.29, 1.82) is 0 Å². The molecular weight excluding hydrogens is 164 g/mol. The lowest BCUT2D eigenvalue weighted by molar-refractivity contribution is -0.00292. The van der Waals surface area contributed by atoms with Crippen LogP contribution in [0, 0.1) is 5.92 Å². The van der Waals surface area contributed by atoms with Crippen LogP contribution < -0.4 is 5.73 Å². The van der Waals surface area contributed by atoms with Gasteiger partial charge in [-0.25, -0.2) is 0 Å². The number of piperidine rings is 1. The van der Waals surface area contributed by atoms with Gasteiger partial charge in [-0.15, -0.1) is 0 Å². The maximum absolute atomic E-state index is 9.61. The third kappa shape index (κ3) is 2.03. The van der Waals surface area contributed by atoms with Crippen LogP contribution in [0.2, 0.25) is 0 Å². The smallest absolute Gasteiger partial charge is 0.0670 e. The van der Waals surface area contributed by atoms with E-state index in [-0.39, 0.29) is 6.10 Å². The predicted octanol–water partition coefficient (Wildman–Crippen LogP) is 0.179. The molecule has 2 fully saturated rings. The van der Waals surface area contributed by atoms with Gasteiger partial charge in [0.2, 0.25) is 0 Å². The highest BCUT2D eigenvalue weighted by Gasteiger charge is 2.35. The minimum Gasteiger partial charge on any atom is -0.392 e. The van der Waals surface area contributed by atoms with Crippen LogP contribution in [0.3, 0.4) is 0 Å². The highest BCUT2D eigenvalue weighted by atomic mass is 16.3. The molecule has 1 aliphatic carbocycles. The Morgan fingerprint density at radius 1 is 1.23 bits per heavy atom. The maximum Gasteiger partial charge on any atom is 0.0670 e. The fourth-order valence-corrected chi connectivity index (χ4v) is 2.59. The molecule has 3 heteroatoms. The Morgan fingerprint density at radius 2 is 1.92 bits per heavy atom. The van der Waals surface area contributed by atoms with Crippen LogP contribution in [0.25, 0.3) is 0 Å². The zero-order valence-corrected chi connectivity index (χ0v) is 8.32. The van der Waals surface area contributed by atoms with Gasteiger partial charge in [0, 0.05) is 25.2 Å². The summed E-state index contributed by atoms with van der Waals surface area (Å²) < 4.78 is 0. The molecule has 0 aromatic rings. The average Bonchev–Trinajstić information content (AvgIpc) is 1.96. The SMILES string of the molecule is C[C@@H]1C[C@H](O)CN(C2CC(N)C2)C1. The van der Waals surface area contributed by atoms with Gasteiger partial charge in [-0.1, -0.05) is 6.92 Å². The van der Waals surface area contributed by atoms with E-state index in [0.717, 1.165) is 32.4 Å². The molecule has 1 saturated carbocycles. The number of hydrogen-bond donors (Lipinski definition) is 2. The Bertz CT molecular complexity index is 170. The molecule has 76 valence electrons. The molecule has 1 saturated heterocycles. The molecule has 0 radical (unpaired) electrons. The van der Waals surface area contributed by atoms with E-state index >= 15 is 0 Å². The van der Waals surface area contributed by atoms with Crippen molar-refractivity contribution in [2.45, 2.75) is 44.4 Å². The number of nitrogens with zero attached hydrogens (tertiary/aromatic N) is 1. The minimum absolute atomic E-state index is 0.111. The highest BCUT2D eigenvalue weighted by Crippen LogP contribution is 2.28. The van der Waals surface area contributed by atoms with Crippen LogP contribution in [0.15, 0.2) is 0 Å². The molecule has 2 rings (SSSR count). The fraction of sp³-hybridized carbons (Fsp3) is 1.00. The van der Waals surface area contributed by atoms with E-state index < -0.39 is 0 Å². The van der Waals surface area contributed by atoms with Crippen molar-refractivity contribution in [1.82, 2.24) is 4.90 Å². The molecular formula is C10H20N2O. The van der Waals surface area contributed by atoms with E-state index in [9.17, 15) is 5.11 Å². The number of likely N-dealkylation sites (tertiary alicyclic amines) is 1. The summed E-state index contributed by atoms with van der Waals surface area (Å²) >= 11 is 0. The van der Waals surface area contributed by atoms with Crippen molar-refractivity contribution in [3.05, 3.63) is 0 Å². The first-order chi connectivity index (χ1) is 6.15. The van der Waals surface area contributed by atoms with Crippen LogP contribution in [0.4, 0.5) is 0 Å². The maximum atomic E-state index is 9.61. The second-order valence-corrected chi connectivity index (χ2v) is 4.83. The number of nitrogens with two attached hydrogens (primary N) is 1. The number of aliphatic hydroxyl groups excluding tert-OH is 1. The Morgan fingerprint density at radius 3 is 2.46 bits per heavy atom. The van der Waals surface area contributed by atoms with Crippen molar-refractivity contribution < 1.29 is 5.11 Å². The van der Waals surface area contributed by atoms with Gasteiger partial charge in [-0.05, 0) is 25.2 Å². The number of rotatable bonds is 1. The summed E-state index contributed by atoms with van der Waals surface area (Å²) in [5, 5.41) is 9.61. The van der Waals surface area contributed by atoms with Crippen LogP contribution in [-0.4, -0.2) is 41.3 Å². The second kappa shape index (κ2) is 3.56. The normalized spacial score (nSPS) is 47.3. The Hall–Kier alpha value is -0.120. The first kappa shape index (κ1) is 9.44. The Kier molecular flexibility index (Phi) is 2.58. The van der Waals surface area contributed by atoms with Crippen LogP contribution >= 0.6 is 0 Å². The third-order valence-electron chi connectivity index (χ3n) is 3.33. The summed E-state index contributed by atoms with van der Waals surface area (Å²) in [5.74, 6) is 0.639. The minimum atomic E-state index is -0.111. The third-order valence-corrected chi connectivity index (χ3v) is 3.33. The van der Waals surface area contributed by atoms with Gasteiger partial charge in [-0.2, -0.15) is 0 Å². The molecule has 3 nitrogen and oxygen atoms in total. The molecule has 0 amide bonds. The van der Waals surface area contributed by atoms with Gasteiger partial charge in [0.1, 0.15) is 0 Å². The molecule has 0 unspecified atom stereocenters. The van der Waals surface area contributed by atoms with E-state index in [4.69, 9.17) is 5.73 Å². The zero-order valence-electron chi connectivity index (χ0n) is 8.32. The molecule has 2 aliphatic rings. The molecule has 13 heavy (non-hydrogen) atoms. The topological polar surface area (TPSA) is 49.5 Å². The van der Waals surface area contributed by atoms with E-state index in [1.54, 1.807) is 0 Å². The monoisotopic (exact) mass is 184 g/mol. The second-order valence-electron chi connectivity index (χ2n) is 4.83. The van der Waals surface area contributed by atoms with Crippen LogP contribution in [0.5, 0.6) is 0 Å². The summed E-state index contributed by atoms with van der Waals surface area (Å²) in [7, 11) is 0. The lowest BCUT2D eigenvalue weighted by atomic mass is 9.84. The zero-order chi connectivity index (χ0) is 9.42. The highest BCUT2D eigenvalue weighted by molar-refractivity contribution is 4.92. The quantitative estimate of drug-likeness (QED) is 0.611. The number of hydrogen-bond acceptors (Lipinski definition) is 3. The molecule has 0 spiro atoms. The van der Waals surface area contributed by atoms with Crippen molar-refractivity contribution in [2.24, 2.45) is 11.7 Å². The van der Waals surface area contributed by atoms with Gasteiger partial charge >= 0.3 is 0 Å². The van der Waals surface area contributed by atoms with E-state index in [1.165, 1.54) is 0 Å². The number of aliphatic hydroxyl groups is 1. The first-order valence-electron chi connectivity index (χ1n) is 5.33. The predicted molar refractivity (Wildman–Crippen MR) is 52.4 cm³/mol. The van der Waals surface area contributed by atoms with E-state index in [1.807, 2.05) is 0 Å². The van der Waals surface area contributed by atoms with E-state index in [0.29, 0.717) is 18.0 Å². The summed E-state index contributed by atoms with van der Waals surface area (Å²) in [6.07, 6.45) is 3.11.